The van der Waals surface area contributed by atoms with Gasteiger partial charge in [-0.1, -0.05) is 0 Å². The van der Waals surface area contributed by atoms with E-state index in [1.165, 1.54) is 13.3 Å². The Morgan fingerprint density at radius 1 is 1.30 bits per heavy atom. The summed E-state index contributed by atoms with van der Waals surface area (Å²) in [6.07, 6.45) is 1.46. The van der Waals surface area contributed by atoms with E-state index in [-0.39, 0.29) is 0 Å². The van der Waals surface area contributed by atoms with Gasteiger partial charge in [0.15, 0.2) is 4.98 Å². The molecule has 20 heavy (non-hydrogen) atoms. The number of fused-ring (bicyclic) bond motifs is 1. The van der Waals surface area contributed by atoms with E-state index in [4.69, 9.17) is 10.1 Å². The van der Waals surface area contributed by atoms with Crippen LogP contribution in [0.2, 0.25) is 0 Å². The molecule has 0 fully saturated rings. The highest BCUT2D eigenvalue weighted by molar-refractivity contribution is 9.10. The van der Waals surface area contributed by atoms with Crippen LogP contribution < -0.4 is 4.74 Å². The lowest BCUT2D eigenvalue weighted by Gasteiger charge is -2.00. The summed E-state index contributed by atoms with van der Waals surface area (Å²) in [5, 5.41) is 8.70. The van der Waals surface area contributed by atoms with Gasteiger partial charge in [-0.05, 0) is 22.0 Å². The summed E-state index contributed by atoms with van der Waals surface area (Å²) in [6.45, 7) is 0. The van der Waals surface area contributed by atoms with Crippen molar-refractivity contribution in [2.75, 3.05) is 7.11 Å². The van der Waals surface area contributed by atoms with Crippen LogP contribution in [0.3, 0.4) is 0 Å². The van der Waals surface area contributed by atoms with E-state index in [1.807, 2.05) is 0 Å². The van der Waals surface area contributed by atoms with Crippen molar-refractivity contribution >= 4 is 39.9 Å². The highest BCUT2D eigenvalue weighted by Gasteiger charge is 2.20. The van der Waals surface area contributed by atoms with Gasteiger partial charge in [0.2, 0.25) is 11.3 Å². The van der Waals surface area contributed by atoms with E-state index in [1.54, 1.807) is 12.1 Å². The quantitative estimate of drug-likeness (QED) is 0.438. The molecular weight excluding hydrogens is 347 g/mol. The molecule has 0 amide bonds. The average Bonchev–Trinajstić information content (AvgIpc) is 2.37. The maximum atomic E-state index is 9.75. The summed E-state index contributed by atoms with van der Waals surface area (Å²) in [6, 6.07) is 3.50. The third kappa shape index (κ3) is 4.62. The second kappa shape index (κ2) is 6.47. The van der Waals surface area contributed by atoms with Crippen LogP contribution in [0.1, 0.15) is 0 Å². The first-order chi connectivity index (χ1) is 9.26. The van der Waals surface area contributed by atoms with Gasteiger partial charge < -0.3 is 22.0 Å². The normalized spacial score (nSPS) is 10.4. The molecule has 0 spiro atoms. The number of methoxy groups -OCH3 is 1. The fourth-order valence-corrected chi connectivity index (χ4v) is 1.67. The topological polar surface area (TPSA) is 63.2 Å². The first-order valence-corrected chi connectivity index (χ1v) is 5.77. The Morgan fingerprint density at radius 2 is 1.90 bits per heavy atom. The van der Waals surface area contributed by atoms with Crippen LogP contribution in [-0.2, 0) is 0 Å². The predicted octanol–water partition coefficient (Wildman–Crippen LogP) is 4.19. The Morgan fingerprint density at radius 3 is 2.40 bits per heavy atom. The molecule has 0 aliphatic rings. The third-order valence-corrected chi connectivity index (χ3v) is 2.71. The summed E-state index contributed by atoms with van der Waals surface area (Å²) in [7, 11) is -4.46. The standard InChI is InChI=1S/C9H6BrN4O.BF4/c1-15-7-3-2-5-9(13-7)8(10)6(14-11)4-12-5;2-1(3,4)5/h2-4H,1H3;/q+1;-1. The lowest BCUT2D eigenvalue weighted by molar-refractivity contribution is 0.368. The summed E-state index contributed by atoms with van der Waals surface area (Å²) in [5.41, 5.74) is 1.64. The molecule has 5 nitrogen and oxygen atoms in total. The Bertz CT molecular complexity index is 655. The van der Waals surface area contributed by atoms with Gasteiger partial charge in [-0.3, -0.25) is 0 Å². The highest BCUT2D eigenvalue weighted by atomic mass is 79.9. The van der Waals surface area contributed by atoms with E-state index in [2.05, 4.69) is 30.9 Å². The maximum Gasteiger partial charge on any atom is 0.673 e. The molecule has 2 rings (SSSR count). The second-order valence-electron chi connectivity index (χ2n) is 3.27. The molecule has 2 aromatic heterocycles. The predicted molar refractivity (Wildman–Crippen MR) is 68.7 cm³/mol. The van der Waals surface area contributed by atoms with Crippen LogP contribution in [0.5, 0.6) is 5.88 Å². The Labute approximate surface area is 118 Å². The minimum absolute atomic E-state index is 0.336. The van der Waals surface area contributed by atoms with Gasteiger partial charge in [0, 0.05) is 6.07 Å². The molecule has 2 heterocycles. The van der Waals surface area contributed by atoms with Gasteiger partial charge in [-0.25, -0.2) is 9.97 Å². The lowest BCUT2D eigenvalue weighted by atomic mass is 10.3. The van der Waals surface area contributed by atoms with Crippen molar-refractivity contribution in [3.05, 3.63) is 27.8 Å². The minimum Gasteiger partial charge on any atom is -0.481 e. The molecule has 0 atom stereocenters. The molecule has 0 aliphatic carbocycles. The number of diazo groups is 1. The number of hydrogen-bond acceptors (Lipinski definition) is 4. The molecule has 0 saturated heterocycles. The molecule has 0 radical (unpaired) electrons. The summed E-state index contributed by atoms with van der Waals surface area (Å²) >= 11 is 3.29. The van der Waals surface area contributed by atoms with Crippen molar-refractivity contribution in [1.82, 2.24) is 9.97 Å². The molecule has 11 heteroatoms. The van der Waals surface area contributed by atoms with E-state index >= 15 is 0 Å². The van der Waals surface area contributed by atoms with Crippen molar-refractivity contribution in [2.24, 2.45) is 0 Å². The van der Waals surface area contributed by atoms with Crippen LogP contribution in [0.4, 0.5) is 23.0 Å². The van der Waals surface area contributed by atoms with Gasteiger partial charge in [0.1, 0.15) is 16.2 Å². The molecule has 0 unspecified atom stereocenters. The highest BCUT2D eigenvalue weighted by Crippen LogP contribution is 2.31. The smallest absolute Gasteiger partial charge is 0.481 e. The summed E-state index contributed by atoms with van der Waals surface area (Å²) in [4.78, 5) is 11.4. The van der Waals surface area contributed by atoms with Gasteiger partial charge in [0.05, 0.1) is 12.6 Å². The van der Waals surface area contributed by atoms with Gasteiger partial charge in [-0.15, -0.1) is 0 Å². The number of nitrogens with zero attached hydrogens (tertiary/aromatic N) is 4. The zero-order valence-corrected chi connectivity index (χ0v) is 11.5. The largest absolute Gasteiger partial charge is 0.673 e. The molecular formula is C9H6BBrF4N4O. The van der Waals surface area contributed by atoms with Crippen LogP contribution in [0.15, 0.2) is 22.8 Å². The zero-order chi connectivity index (χ0) is 15.3. The SMILES string of the molecule is COc1ccc2ncc([N+]#N)c(Br)c2n1.F[B-](F)(F)F. The van der Waals surface area contributed by atoms with E-state index in [9.17, 15) is 17.3 Å². The van der Waals surface area contributed by atoms with Crippen LogP contribution in [0.25, 0.3) is 16.0 Å². The van der Waals surface area contributed by atoms with E-state index in [0.717, 1.165) is 0 Å². The monoisotopic (exact) mass is 352 g/mol. The second-order valence-corrected chi connectivity index (χ2v) is 4.07. The fraction of sp³-hybridized carbons (Fsp3) is 0.111. The number of rotatable bonds is 1. The average molecular weight is 353 g/mol. The van der Waals surface area contributed by atoms with Crippen molar-refractivity contribution < 1.29 is 22.0 Å². The third-order valence-electron chi connectivity index (χ3n) is 1.92. The van der Waals surface area contributed by atoms with Crippen molar-refractivity contribution in [3.8, 4) is 5.88 Å². The first kappa shape index (κ1) is 16.1. The van der Waals surface area contributed by atoms with Gasteiger partial charge in [0.25, 0.3) is 0 Å². The molecule has 106 valence electrons. The number of pyridine rings is 2. The summed E-state index contributed by atoms with van der Waals surface area (Å²) < 4.78 is 44.6. The molecule has 0 bridgehead atoms. The Hall–Kier alpha value is -1.96. The Balaban J connectivity index is 0.000000347. The number of ether oxygens (including phenoxy) is 1. The fourth-order valence-electron chi connectivity index (χ4n) is 1.19. The van der Waals surface area contributed by atoms with Crippen LogP contribution >= 0.6 is 15.9 Å². The van der Waals surface area contributed by atoms with Gasteiger partial charge >= 0.3 is 12.9 Å². The van der Waals surface area contributed by atoms with E-state index < -0.39 is 7.25 Å². The number of halogens is 5. The summed E-state index contributed by atoms with van der Waals surface area (Å²) in [5.74, 6) is 0.486. The van der Waals surface area contributed by atoms with Crippen molar-refractivity contribution in [1.29, 1.82) is 5.39 Å². The van der Waals surface area contributed by atoms with Crippen LogP contribution in [-0.4, -0.2) is 24.3 Å². The van der Waals surface area contributed by atoms with Gasteiger partial charge in [-0.2, -0.15) is 0 Å². The maximum absolute atomic E-state index is 9.75. The minimum atomic E-state index is -6.00. The zero-order valence-electron chi connectivity index (χ0n) is 9.90. The number of aromatic nitrogens is 2. The Kier molecular flexibility index (Phi) is 5.21. The number of hydrogen-bond donors (Lipinski definition) is 0. The molecule has 2 aromatic rings. The van der Waals surface area contributed by atoms with Crippen LogP contribution in [0, 0.1) is 5.39 Å². The van der Waals surface area contributed by atoms with Crippen molar-refractivity contribution in [3.63, 3.8) is 0 Å². The first-order valence-electron chi connectivity index (χ1n) is 4.98. The molecule has 0 aliphatic heterocycles. The molecule has 0 N–H and O–H groups in total. The molecule has 0 aromatic carbocycles. The molecule has 0 saturated carbocycles. The lowest BCUT2D eigenvalue weighted by Crippen LogP contribution is -2.02. The van der Waals surface area contributed by atoms with E-state index in [0.29, 0.717) is 27.1 Å². The van der Waals surface area contributed by atoms with Crippen molar-refractivity contribution in [2.45, 2.75) is 0 Å².